The third-order valence-electron chi connectivity index (χ3n) is 6.94. The van der Waals surface area contributed by atoms with Crippen LogP contribution in [0, 0.1) is 0 Å². The molecule has 0 aliphatic carbocycles. The molecule has 0 aromatic heterocycles. The van der Waals surface area contributed by atoms with Crippen molar-refractivity contribution in [3.05, 3.63) is 119 Å². The van der Waals surface area contributed by atoms with Crippen molar-refractivity contribution < 1.29 is 33.7 Å². The SMILES string of the molecule is CO[C@]1(NC(=O)Cc2ccccc2)C(=O)N(C(C(=O)OC(c2ccccc2)c2ccccc2)=C(C)C)[C@H]1OCC(O)CBr. The number of benzene rings is 3. The van der Waals surface area contributed by atoms with E-state index in [1.54, 1.807) is 26.0 Å². The Morgan fingerprint density at radius 1 is 0.953 bits per heavy atom. The van der Waals surface area contributed by atoms with E-state index in [9.17, 15) is 19.5 Å². The number of methoxy groups -OCH3 is 1. The summed E-state index contributed by atoms with van der Waals surface area (Å²) in [7, 11) is 1.27. The predicted molar refractivity (Wildman–Crippen MR) is 164 cm³/mol. The average Bonchev–Trinajstić information content (AvgIpc) is 3.02. The first kappa shape index (κ1) is 32.1. The summed E-state index contributed by atoms with van der Waals surface area (Å²) in [6.07, 6.45) is -2.96. The van der Waals surface area contributed by atoms with E-state index in [-0.39, 0.29) is 24.1 Å². The molecule has 0 radical (unpaired) electrons. The molecule has 1 unspecified atom stereocenters. The van der Waals surface area contributed by atoms with Crippen molar-refractivity contribution in [3.8, 4) is 0 Å². The van der Waals surface area contributed by atoms with Crippen molar-refractivity contribution in [1.82, 2.24) is 10.2 Å². The Labute approximate surface area is 259 Å². The van der Waals surface area contributed by atoms with Crippen LogP contribution in [0.15, 0.2) is 102 Å². The molecule has 3 atom stereocenters. The Kier molecular flexibility index (Phi) is 10.9. The van der Waals surface area contributed by atoms with Gasteiger partial charge in [0.2, 0.25) is 5.91 Å². The molecule has 10 heteroatoms. The van der Waals surface area contributed by atoms with Gasteiger partial charge in [0.05, 0.1) is 19.1 Å². The Bertz CT molecular complexity index is 1390. The van der Waals surface area contributed by atoms with Gasteiger partial charge in [-0.05, 0) is 36.1 Å². The molecule has 1 fully saturated rings. The van der Waals surface area contributed by atoms with Gasteiger partial charge in [0, 0.05) is 12.4 Å². The predicted octanol–water partition coefficient (Wildman–Crippen LogP) is 4.26. The number of ether oxygens (including phenoxy) is 3. The molecule has 1 aliphatic heterocycles. The fraction of sp³-hybridized carbons (Fsp3) is 0.303. The van der Waals surface area contributed by atoms with Crippen molar-refractivity contribution in [2.45, 2.75) is 44.4 Å². The molecule has 9 nitrogen and oxygen atoms in total. The van der Waals surface area contributed by atoms with Crippen molar-refractivity contribution in [1.29, 1.82) is 0 Å². The summed E-state index contributed by atoms with van der Waals surface area (Å²) in [6, 6.07) is 27.6. The maximum absolute atomic E-state index is 13.9. The third-order valence-corrected chi connectivity index (χ3v) is 7.68. The number of hydrogen-bond acceptors (Lipinski definition) is 7. The number of esters is 1. The monoisotopic (exact) mass is 650 g/mol. The lowest BCUT2D eigenvalue weighted by atomic mass is 9.95. The third kappa shape index (κ3) is 7.22. The van der Waals surface area contributed by atoms with Crippen LogP contribution >= 0.6 is 15.9 Å². The Hall–Kier alpha value is -3.83. The largest absolute Gasteiger partial charge is 0.448 e. The zero-order valence-corrected chi connectivity index (χ0v) is 25.8. The quantitative estimate of drug-likeness (QED) is 0.0934. The Morgan fingerprint density at radius 2 is 1.49 bits per heavy atom. The van der Waals surface area contributed by atoms with Crippen LogP contribution in [-0.4, -0.2) is 64.9 Å². The second-order valence-corrected chi connectivity index (χ2v) is 10.9. The summed E-state index contributed by atoms with van der Waals surface area (Å²) in [5.41, 5.74) is 0.731. The minimum atomic E-state index is -1.93. The number of nitrogens with zero attached hydrogens (tertiary/aromatic N) is 1. The molecular formula is C33H35BrN2O7. The Balaban J connectivity index is 1.65. The second-order valence-electron chi connectivity index (χ2n) is 10.3. The van der Waals surface area contributed by atoms with Crippen molar-refractivity contribution >= 4 is 33.7 Å². The number of aliphatic hydroxyl groups is 1. The van der Waals surface area contributed by atoms with E-state index in [4.69, 9.17) is 14.2 Å². The highest BCUT2D eigenvalue weighted by Gasteiger charge is 2.66. The van der Waals surface area contributed by atoms with Gasteiger partial charge < -0.3 is 24.6 Å². The molecule has 4 rings (SSSR count). The number of likely N-dealkylation sites (tertiary alicyclic amines) is 1. The van der Waals surface area contributed by atoms with E-state index in [0.717, 1.165) is 21.6 Å². The average molecular weight is 652 g/mol. The van der Waals surface area contributed by atoms with E-state index >= 15 is 0 Å². The number of allylic oxidation sites excluding steroid dienone is 1. The Morgan fingerprint density at radius 3 is 1.98 bits per heavy atom. The zero-order chi connectivity index (χ0) is 31.0. The molecule has 0 bridgehead atoms. The summed E-state index contributed by atoms with van der Waals surface area (Å²) >= 11 is 3.21. The van der Waals surface area contributed by atoms with E-state index < -0.39 is 41.9 Å². The minimum absolute atomic E-state index is 0.0106. The van der Waals surface area contributed by atoms with Crippen LogP contribution in [-0.2, 0) is 35.0 Å². The van der Waals surface area contributed by atoms with Crippen LogP contribution < -0.4 is 5.32 Å². The minimum Gasteiger partial charge on any atom is -0.448 e. The highest BCUT2D eigenvalue weighted by molar-refractivity contribution is 9.09. The first-order chi connectivity index (χ1) is 20.7. The lowest BCUT2D eigenvalue weighted by Gasteiger charge is -2.54. The lowest BCUT2D eigenvalue weighted by Crippen LogP contribution is -2.82. The standard InChI is InChI=1S/C33H35BrN2O7/c1-22(2)28(30(39)43-29(24-15-9-5-10-16-24)25-17-11-6-12-18-25)36-31(40)33(41-3,32(36)42-21-26(37)20-34)35-27(38)19-23-13-7-4-8-14-23/h4-18,26,29,32,37H,19-21H2,1-3H3,(H,35,38)/t26?,32-,33+/m0/s1. The van der Waals surface area contributed by atoms with Crippen molar-refractivity contribution in [2.75, 3.05) is 19.0 Å². The molecule has 43 heavy (non-hydrogen) atoms. The normalized spacial score (nSPS) is 18.5. The summed E-state index contributed by atoms with van der Waals surface area (Å²) in [5.74, 6) is -1.95. The second kappa shape index (κ2) is 14.6. The maximum atomic E-state index is 13.9. The van der Waals surface area contributed by atoms with Crippen molar-refractivity contribution in [2.24, 2.45) is 0 Å². The number of alkyl halides is 1. The number of amides is 2. The van der Waals surface area contributed by atoms with Crippen LogP contribution in [0.5, 0.6) is 0 Å². The van der Waals surface area contributed by atoms with Crippen LogP contribution in [0.2, 0.25) is 0 Å². The van der Waals surface area contributed by atoms with Crippen LogP contribution in [0.25, 0.3) is 0 Å². The first-order valence-corrected chi connectivity index (χ1v) is 14.9. The van der Waals surface area contributed by atoms with Crippen LogP contribution in [0.1, 0.15) is 36.6 Å². The smallest absolute Gasteiger partial charge is 0.356 e. The van der Waals surface area contributed by atoms with E-state index in [2.05, 4.69) is 21.2 Å². The molecular weight excluding hydrogens is 616 g/mol. The van der Waals surface area contributed by atoms with Crippen LogP contribution in [0.3, 0.4) is 0 Å². The lowest BCUT2D eigenvalue weighted by molar-refractivity contribution is -0.258. The zero-order valence-electron chi connectivity index (χ0n) is 24.2. The summed E-state index contributed by atoms with van der Waals surface area (Å²) in [4.78, 5) is 42.0. The van der Waals surface area contributed by atoms with E-state index in [1.807, 2.05) is 78.9 Å². The highest BCUT2D eigenvalue weighted by Crippen LogP contribution is 2.39. The summed E-state index contributed by atoms with van der Waals surface area (Å²) in [6.45, 7) is 3.14. The fourth-order valence-corrected chi connectivity index (χ4v) is 5.03. The van der Waals surface area contributed by atoms with Gasteiger partial charge >= 0.3 is 5.97 Å². The molecule has 1 saturated heterocycles. The highest BCUT2D eigenvalue weighted by atomic mass is 79.9. The fourth-order valence-electron chi connectivity index (χ4n) is 4.84. The molecule has 3 aromatic rings. The number of carbonyl (C=O) groups is 3. The molecule has 1 heterocycles. The van der Waals surface area contributed by atoms with E-state index in [0.29, 0.717) is 5.57 Å². The van der Waals surface area contributed by atoms with Gasteiger partial charge in [0.25, 0.3) is 11.6 Å². The number of nitrogens with one attached hydrogen (secondary N) is 1. The van der Waals surface area contributed by atoms with Gasteiger partial charge in [0.1, 0.15) is 5.70 Å². The van der Waals surface area contributed by atoms with Gasteiger partial charge in [-0.1, -0.05) is 107 Å². The number of β-lactam (4-membered cyclic amide) rings is 1. The number of rotatable bonds is 13. The summed E-state index contributed by atoms with van der Waals surface area (Å²) < 4.78 is 17.7. The van der Waals surface area contributed by atoms with Gasteiger partial charge in [-0.2, -0.15) is 0 Å². The van der Waals surface area contributed by atoms with E-state index in [1.165, 1.54) is 7.11 Å². The topological polar surface area (TPSA) is 114 Å². The summed E-state index contributed by atoms with van der Waals surface area (Å²) in [5, 5.41) is 13.1. The maximum Gasteiger partial charge on any atom is 0.356 e. The van der Waals surface area contributed by atoms with Gasteiger partial charge in [0.15, 0.2) is 12.3 Å². The first-order valence-electron chi connectivity index (χ1n) is 13.8. The van der Waals surface area contributed by atoms with Gasteiger partial charge in [-0.25, -0.2) is 4.79 Å². The number of halogens is 1. The van der Waals surface area contributed by atoms with Crippen LogP contribution in [0.4, 0.5) is 0 Å². The van der Waals surface area contributed by atoms with Gasteiger partial charge in [-0.15, -0.1) is 0 Å². The molecule has 2 N–H and O–H groups in total. The molecule has 0 spiro atoms. The molecule has 1 aliphatic rings. The number of aliphatic hydroxyl groups excluding tert-OH is 1. The number of carbonyl (C=O) groups excluding carboxylic acids is 3. The van der Waals surface area contributed by atoms with Gasteiger partial charge in [-0.3, -0.25) is 14.5 Å². The molecule has 3 aromatic carbocycles. The molecule has 2 amide bonds. The number of hydrogen-bond donors (Lipinski definition) is 2. The van der Waals surface area contributed by atoms with Crippen molar-refractivity contribution in [3.63, 3.8) is 0 Å². The molecule has 0 saturated carbocycles. The molecule has 226 valence electrons.